The summed E-state index contributed by atoms with van der Waals surface area (Å²) < 4.78 is 54.1. The summed E-state index contributed by atoms with van der Waals surface area (Å²) in [6.45, 7) is 1.08. The number of carbonyl (C=O) groups is 1. The van der Waals surface area contributed by atoms with Gasteiger partial charge in [0, 0.05) is 30.4 Å². The molecule has 7 nitrogen and oxygen atoms in total. The minimum atomic E-state index is -3.03. The van der Waals surface area contributed by atoms with Gasteiger partial charge in [-0.1, -0.05) is 0 Å². The monoisotopic (exact) mass is 427 g/mol. The average Bonchev–Trinajstić information content (AvgIpc) is 3.14. The van der Waals surface area contributed by atoms with Crippen LogP contribution in [0, 0.1) is 13.8 Å². The topological polar surface area (TPSA) is 81.5 Å². The van der Waals surface area contributed by atoms with Crippen molar-refractivity contribution in [3.8, 4) is 5.75 Å². The maximum absolute atomic E-state index is 12.7. The number of aryl methyl sites for hydroxylation is 1. The Morgan fingerprint density at radius 2 is 1.97 bits per heavy atom. The zero-order chi connectivity index (χ0) is 21.3. The van der Waals surface area contributed by atoms with Crippen LogP contribution in [-0.4, -0.2) is 54.2 Å². The van der Waals surface area contributed by atoms with Gasteiger partial charge in [-0.25, -0.2) is 8.42 Å². The SMILES string of the molecule is Cc1nn(C2CCS(=O)(=O)C2)c(C)c1CN(C)C(=O)c1ccc(OC(F)F)cc1. The van der Waals surface area contributed by atoms with Crippen molar-refractivity contribution < 1.29 is 26.7 Å². The van der Waals surface area contributed by atoms with Gasteiger partial charge in [0.25, 0.3) is 5.91 Å². The smallest absolute Gasteiger partial charge is 0.387 e. The first-order chi connectivity index (χ1) is 13.6. The Hall–Kier alpha value is -2.49. The van der Waals surface area contributed by atoms with Gasteiger partial charge in [0.15, 0.2) is 9.84 Å². The molecule has 1 fully saturated rings. The first-order valence-corrected chi connectivity index (χ1v) is 10.9. The summed E-state index contributed by atoms with van der Waals surface area (Å²) in [5.74, 6) is -0.0483. The van der Waals surface area contributed by atoms with Crippen LogP contribution in [0.1, 0.15) is 39.8 Å². The van der Waals surface area contributed by atoms with Crippen LogP contribution >= 0.6 is 0 Å². The maximum Gasteiger partial charge on any atom is 0.387 e. The van der Waals surface area contributed by atoms with Crippen LogP contribution < -0.4 is 4.74 Å². The van der Waals surface area contributed by atoms with Crippen molar-refractivity contribution in [3.63, 3.8) is 0 Å². The van der Waals surface area contributed by atoms with Crippen molar-refractivity contribution >= 4 is 15.7 Å². The van der Waals surface area contributed by atoms with Gasteiger partial charge in [-0.05, 0) is 44.5 Å². The fraction of sp³-hybridized carbons (Fsp3) is 0.474. The number of sulfone groups is 1. The molecular weight excluding hydrogens is 404 g/mol. The van der Waals surface area contributed by atoms with Gasteiger partial charge in [-0.3, -0.25) is 9.48 Å². The predicted molar refractivity (Wildman–Crippen MR) is 103 cm³/mol. The van der Waals surface area contributed by atoms with Crippen LogP contribution in [0.25, 0.3) is 0 Å². The number of rotatable bonds is 6. The Morgan fingerprint density at radius 1 is 1.31 bits per heavy atom. The molecule has 3 rings (SSSR count). The highest BCUT2D eigenvalue weighted by Gasteiger charge is 2.31. The third-order valence-electron chi connectivity index (χ3n) is 5.10. The fourth-order valence-electron chi connectivity index (χ4n) is 3.56. The predicted octanol–water partition coefficient (Wildman–Crippen LogP) is 2.73. The van der Waals surface area contributed by atoms with Crippen molar-refractivity contribution in [2.24, 2.45) is 0 Å². The number of hydrogen-bond donors (Lipinski definition) is 0. The Balaban J connectivity index is 1.73. The second-order valence-electron chi connectivity index (χ2n) is 7.21. The molecule has 10 heteroatoms. The molecule has 1 atom stereocenters. The first-order valence-electron chi connectivity index (χ1n) is 9.12. The van der Waals surface area contributed by atoms with Gasteiger partial charge < -0.3 is 9.64 Å². The van der Waals surface area contributed by atoms with Gasteiger partial charge in [0.05, 0.1) is 23.2 Å². The van der Waals surface area contributed by atoms with E-state index in [1.165, 1.54) is 29.2 Å². The van der Waals surface area contributed by atoms with Crippen LogP contribution in [0.5, 0.6) is 5.75 Å². The van der Waals surface area contributed by atoms with E-state index >= 15 is 0 Å². The van der Waals surface area contributed by atoms with Crippen LogP contribution in [0.3, 0.4) is 0 Å². The zero-order valence-corrected chi connectivity index (χ0v) is 17.2. The molecule has 1 aromatic heterocycles. The summed E-state index contributed by atoms with van der Waals surface area (Å²) in [6.07, 6.45) is 0.533. The molecule has 2 aromatic rings. The number of halogens is 2. The van der Waals surface area contributed by atoms with Crippen LogP contribution in [0.4, 0.5) is 8.78 Å². The Kier molecular flexibility index (Phi) is 5.92. The number of ether oxygens (including phenoxy) is 1. The molecule has 1 saturated heterocycles. The largest absolute Gasteiger partial charge is 0.435 e. The molecule has 0 spiro atoms. The summed E-state index contributed by atoms with van der Waals surface area (Å²) in [6, 6.07) is 5.33. The molecule has 2 heterocycles. The number of nitrogens with zero attached hydrogens (tertiary/aromatic N) is 3. The van der Waals surface area contributed by atoms with E-state index < -0.39 is 16.4 Å². The first kappa shape index (κ1) is 21.2. The van der Waals surface area contributed by atoms with Crippen molar-refractivity contribution in [3.05, 3.63) is 46.8 Å². The van der Waals surface area contributed by atoms with E-state index in [9.17, 15) is 22.0 Å². The molecule has 1 aliphatic rings. The molecule has 0 aliphatic carbocycles. The molecule has 1 aromatic carbocycles. The highest BCUT2D eigenvalue weighted by atomic mass is 32.2. The van der Waals surface area contributed by atoms with E-state index in [1.54, 1.807) is 11.7 Å². The van der Waals surface area contributed by atoms with Gasteiger partial charge in [-0.15, -0.1) is 0 Å². The van der Waals surface area contributed by atoms with E-state index in [-0.39, 0.29) is 29.2 Å². The Labute approximate surface area is 168 Å². The highest BCUT2D eigenvalue weighted by molar-refractivity contribution is 7.91. The lowest BCUT2D eigenvalue weighted by Gasteiger charge is -2.18. The molecule has 0 N–H and O–H groups in total. The molecular formula is C19H23F2N3O4S. The van der Waals surface area contributed by atoms with Crippen molar-refractivity contribution in [2.75, 3.05) is 18.6 Å². The summed E-state index contributed by atoms with van der Waals surface area (Å²) in [4.78, 5) is 14.2. The molecule has 158 valence electrons. The van der Waals surface area contributed by atoms with E-state index in [2.05, 4.69) is 9.84 Å². The summed E-state index contributed by atoms with van der Waals surface area (Å²) in [7, 11) is -1.39. The zero-order valence-electron chi connectivity index (χ0n) is 16.4. The van der Waals surface area contributed by atoms with Crippen LogP contribution in [0.15, 0.2) is 24.3 Å². The van der Waals surface area contributed by atoms with Gasteiger partial charge in [-0.2, -0.15) is 13.9 Å². The third-order valence-corrected chi connectivity index (χ3v) is 6.85. The van der Waals surface area contributed by atoms with Crippen molar-refractivity contribution in [2.45, 2.75) is 39.5 Å². The van der Waals surface area contributed by atoms with Gasteiger partial charge >= 0.3 is 6.61 Å². The lowest BCUT2D eigenvalue weighted by atomic mass is 10.1. The van der Waals surface area contributed by atoms with Gasteiger partial charge in [0.1, 0.15) is 5.75 Å². The van der Waals surface area contributed by atoms with Crippen LogP contribution in [0.2, 0.25) is 0 Å². The average molecular weight is 427 g/mol. The molecule has 0 saturated carbocycles. The fourth-order valence-corrected chi connectivity index (χ4v) is 5.25. The van der Waals surface area contributed by atoms with E-state index in [1.807, 2.05) is 13.8 Å². The minimum Gasteiger partial charge on any atom is -0.435 e. The number of hydrogen-bond acceptors (Lipinski definition) is 5. The number of aromatic nitrogens is 2. The van der Waals surface area contributed by atoms with Crippen molar-refractivity contribution in [1.82, 2.24) is 14.7 Å². The quantitative estimate of drug-likeness (QED) is 0.708. The molecule has 0 radical (unpaired) electrons. The lowest BCUT2D eigenvalue weighted by molar-refractivity contribution is -0.0498. The number of alkyl halides is 2. The number of benzene rings is 1. The second kappa shape index (κ2) is 8.10. The van der Waals surface area contributed by atoms with Crippen LogP contribution in [-0.2, 0) is 16.4 Å². The minimum absolute atomic E-state index is 0.0151. The molecule has 1 unspecified atom stereocenters. The molecule has 29 heavy (non-hydrogen) atoms. The molecule has 0 bridgehead atoms. The Bertz CT molecular complexity index is 1000. The summed E-state index contributed by atoms with van der Waals surface area (Å²) >= 11 is 0. The maximum atomic E-state index is 12.7. The summed E-state index contributed by atoms with van der Waals surface area (Å²) in [5.41, 5.74) is 2.79. The molecule has 1 aliphatic heterocycles. The summed E-state index contributed by atoms with van der Waals surface area (Å²) in [5, 5.41) is 4.51. The lowest BCUT2D eigenvalue weighted by Crippen LogP contribution is -2.26. The Morgan fingerprint density at radius 3 is 2.52 bits per heavy atom. The van der Waals surface area contributed by atoms with E-state index in [0.717, 1.165) is 17.0 Å². The number of carbonyl (C=O) groups excluding carboxylic acids is 1. The molecule has 1 amide bonds. The van der Waals surface area contributed by atoms with Crippen molar-refractivity contribution in [1.29, 1.82) is 0 Å². The normalized spacial score (nSPS) is 18.2. The number of amides is 1. The third kappa shape index (κ3) is 4.75. The second-order valence-corrected chi connectivity index (χ2v) is 9.44. The van der Waals surface area contributed by atoms with E-state index in [0.29, 0.717) is 18.5 Å². The van der Waals surface area contributed by atoms with E-state index in [4.69, 9.17) is 0 Å². The van der Waals surface area contributed by atoms with Gasteiger partial charge in [0.2, 0.25) is 0 Å². The highest BCUT2D eigenvalue weighted by Crippen LogP contribution is 2.27. The standard InChI is InChI=1S/C19H23F2N3O4S/c1-12-17(13(2)24(22-12)15-8-9-29(26,27)11-15)10-23(3)18(25)14-4-6-16(7-5-14)28-19(20)21/h4-7,15,19H,8-11H2,1-3H3.